The van der Waals surface area contributed by atoms with Crippen LogP contribution in [0.25, 0.3) is 0 Å². The van der Waals surface area contributed by atoms with E-state index in [0.29, 0.717) is 19.0 Å². The van der Waals surface area contributed by atoms with Crippen LogP contribution in [0.15, 0.2) is 24.3 Å². The molecule has 0 radical (unpaired) electrons. The number of anilines is 1. The van der Waals surface area contributed by atoms with Gasteiger partial charge in [0.25, 0.3) is 0 Å². The van der Waals surface area contributed by atoms with E-state index in [1.807, 2.05) is 45.0 Å². The lowest BCUT2D eigenvalue weighted by Gasteiger charge is -2.33. The molecule has 1 unspecified atom stereocenters. The van der Waals surface area contributed by atoms with Crippen LogP contribution < -0.4 is 10.1 Å². The minimum Gasteiger partial charge on any atom is -0.491 e. The number of carbonyl (C=O) groups is 1. The van der Waals surface area contributed by atoms with E-state index in [0.717, 1.165) is 24.3 Å². The molecule has 1 aromatic carbocycles. The van der Waals surface area contributed by atoms with E-state index in [1.54, 1.807) is 4.90 Å². The smallest absolute Gasteiger partial charge is 0.321 e. The Hall–Kier alpha value is -1.75. The van der Waals surface area contributed by atoms with E-state index < -0.39 is 0 Å². The van der Waals surface area contributed by atoms with Crippen molar-refractivity contribution in [2.75, 3.05) is 18.4 Å². The molecule has 2 N–H and O–H groups in total. The fourth-order valence-electron chi connectivity index (χ4n) is 2.68. The van der Waals surface area contributed by atoms with Crippen LogP contribution >= 0.6 is 0 Å². The van der Waals surface area contributed by atoms with Crippen LogP contribution in [0.2, 0.25) is 0 Å². The number of nitrogens with one attached hydrogen (secondary N) is 1. The maximum Gasteiger partial charge on any atom is 0.321 e. The second kappa shape index (κ2) is 7.49. The zero-order valence-corrected chi connectivity index (χ0v) is 13.6. The first-order valence-electron chi connectivity index (χ1n) is 7.96. The highest BCUT2D eigenvalue weighted by molar-refractivity contribution is 5.89. The van der Waals surface area contributed by atoms with Crippen molar-refractivity contribution >= 4 is 11.7 Å². The van der Waals surface area contributed by atoms with E-state index >= 15 is 0 Å². The number of ether oxygens (including phenoxy) is 1. The molecule has 5 nitrogen and oxygen atoms in total. The van der Waals surface area contributed by atoms with Gasteiger partial charge >= 0.3 is 6.03 Å². The van der Waals surface area contributed by atoms with E-state index in [-0.39, 0.29) is 18.2 Å². The Balaban J connectivity index is 1.84. The summed E-state index contributed by atoms with van der Waals surface area (Å²) in [5, 5.41) is 12.5. The minimum absolute atomic E-state index is 0.0819. The van der Waals surface area contributed by atoms with E-state index in [2.05, 4.69) is 5.32 Å². The summed E-state index contributed by atoms with van der Waals surface area (Å²) in [4.78, 5) is 14.0. The van der Waals surface area contributed by atoms with Crippen LogP contribution in [0.3, 0.4) is 0 Å². The van der Waals surface area contributed by atoms with Crippen molar-refractivity contribution in [2.24, 2.45) is 5.92 Å². The van der Waals surface area contributed by atoms with E-state index in [9.17, 15) is 9.90 Å². The Labute approximate surface area is 132 Å². The number of nitrogens with zero attached hydrogens (tertiary/aromatic N) is 1. The van der Waals surface area contributed by atoms with Gasteiger partial charge in [-0.2, -0.15) is 0 Å². The lowest BCUT2D eigenvalue weighted by atomic mass is 9.92. The van der Waals surface area contributed by atoms with Gasteiger partial charge in [-0.1, -0.05) is 0 Å². The molecule has 1 fully saturated rings. The maximum atomic E-state index is 12.2. The third-order valence-electron chi connectivity index (χ3n) is 3.99. The molecule has 5 heteroatoms. The van der Waals surface area contributed by atoms with Gasteiger partial charge < -0.3 is 20.1 Å². The standard InChI is InChI=1S/C17H26N2O3/c1-12(2)22-16-6-4-15(5-7-16)18-17(21)19-10-8-14(9-11-19)13(3)20/h4-7,12-14,20H,8-11H2,1-3H3,(H,18,21). The number of carbonyl (C=O) groups excluding carboxylic acids is 1. The highest BCUT2D eigenvalue weighted by Crippen LogP contribution is 2.22. The summed E-state index contributed by atoms with van der Waals surface area (Å²) < 4.78 is 5.58. The summed E-state index contributed by atoms with van der Waals surface area (Å²) in [5.74, 6) is 1.10. The molecule has 1 aromatic rings. The zero-order chi connectivity index (χ0) is 16.1. The zero-order valence-electron chi connectivity index (χ0n) is 13.6. The SMILES string of the molecule is CC(C)Oc1ccc(NC(=O)N2CCC(C(C)O)CC2)cc1. The quantitative estimate of drug-likeness (QED) is 0.898. The number of amides is 2. The number of benzene rings is 1. The second-order valence-corrected chi connectivity index (χ2v) is 6.19. The molecule has 1 aliphatic rings. The number of likely N-dealkylation sites (tertiary alicyclic amines) is 1. The molecule has 122 valence electrons. The van der Waals surface area contributed by atoms with Crippen LogP contribution in [0, 0.1) is 5.92 Å². The number of aliphatic hydroxyl groups is 1. The number of urea groups is 1. The third-order valence-corrected chi connectivity index (χ3v) is 3.99. The van der Waals surface area contributed by atoms with E-state index in [4.69, 9.17) is 4.74 Å². The minimum atomic E-state index is -0.293. The first-order valence-corrected chi connectivity index (χ1v) is 7.96. The van der Waals surface area contributed by atoms with Crippen molar-refractivity contribution in [3.05, 3.63) is 24.3 Å². The van der Waals surface area contributed by atoms with Gasteiger partial charge in [-0.25, -0.2) is 4.79 Å². The summed E-state index contributed by atoms with van der Waals surface area (Å²) >= 11 is 0. The average Bonchev–Trinajstić information content (AvgIpc) is 2.49. The molecule has 2 amide bonds. The first kappa shape index (κ1) is 16.6. The van der Waals surface area contributed by atoms with Crippen molar-refractivity contribution in [3.8, 4) is 5.75 Å². The first-order chi connectivity index (χ1) is 10.5. The van der Waals surface area contributed by atoms with Crippen LogP contribution in [-0.2, 0) is 0 Å². The fraction of sp³-hybridized carbons (Fsp3) is 0.588. The lowest BCUT2D eigenvalue weighted by Crippen LogP contribution is -2.42. The highest BCUT2D eigenvalue weighted by atomic mass is 16.5. The monoisotopic (exact) mass is 306 g/mol. The third kappa shape index (κ3) is 4.63. The highest BCUT2D eigenvalue weighted by Gasteiger charge is 2.25. The van der Waals surface area contributed by atoms with Gasteiger partial charge in [0.2, 0.25) is 0 Å². The largest absolute Gasteiger partial charge is 0.491 e. The summed E-state index contributed by atoms with van der Waals surface area (Å²) in [6.45, 7) is 7.16. The predicted octanol–water partition coefficient (Wildman–Crippen LogP) is 3.10. The van der Waals surface area contributed by atoms with Gasteiger partial charge in [0.05, 0.1) is 12.2 Å². The van der Waals surface area contributed by atoms with Crippen LogP contribution in [-0.4, -0.2) is 41.3 Å². The van der Waals surface area contributed by atoms with Crippen LogP contribution in [0.1, 0.15) is 33.6 Å². The fourth-order valence-corrected chi connectivity index (χ4v) is 2.68. The molecule has 22 heavy (non-hydrogen) atoms. The van der Waals surface area contributed by atoms with Gasteiger partial charge in [-0.05, 0) is 63.8 Å². The van der Waals surface area contributed by atoms with Gasteiger partial charge in [-0.3, -0.25) is 0 Å². The Bertz CT molecular complexity index is 477. The molecule has 0 bridgehead atoms. The summed E-state index contributed by atoms with van der Waals surface area (Å²) in [5.41, 5.74) is 0.763. The Morgan fingerprint density at radius 1 is 1.23 bits per heavy atom. The molecule has 0 aromatic heterocycles. The topological polar surface area (TPSA) is 61.8 Å². The number of hydrogen-bond donors (Lipinski definition) is 2. The van der Waals surface area contributed by atoms with E-state index in [1.165, 1.54) is 0 Å². The molecule has 1 aliphatic heterocycles. The van der Waals surface area contributed by atoms with Gasteiger partial charge in [-0.15, -0.1) is 0 Å². The van der Waals surface area contributed by atoms with Crippen LogP contribution in [0.4, 0.5) is 10.5 Å². The number of piperidine rings is 1. The Kier molecular flexibility index (Phi) is 5.66. The van der Waals surface area contributed by atoms with Crippen molar-refractivity contribution in [1.29, 1.82) is 0 Å². The Morgan fingerprint density at radius 2 is 1.82 bits per heavy atom. The molecule has 1 saturated heterocycles. The molecular formula is C17H26N2O3. The Morgan fingerprint density at radius 3 is 2.32 bits per heavy atom. The predicted molar refractivity (Wildman–Crippen MR) is 87.2 cm³/mol. The normalized spacial score (nSPS) is 17.4. The molecule has 2 rings (SSSR count). The molecule has 0 aliphatic carbocycles. The lowest BCUT2D eigenvalue weighted by molar-refractivity contribution is 0.0820. The number of aliphatic hydroxyl groups excluding tert-OH is 1. The summed E-state index contributed by atoms with van der Waals surface area (Å²) in [6.07, 6.45) is 1.55. The maximum absolute atomic E-state index is 12.2. The summed E-state index contributed by atoms with van der Waals surface area (Å²) in [7, 11) is 0. The van der Waals surface area contributed by atoms with Crippen molar-refractivity contribution < 1.29 is 14.6 Å². The van der Waals surface area contributed by atoms with Crippen molar-refractivity contribution in [3.63, 3.8) is 0 Å². The van der Waals surface area contributed by atoms with Gasteiger partial charge in [0, 0.05) is 18.8 Å². The molecule has 1 atom stereocenters. The second-order valence-electron chi connectivity index (χ2n) is 6.19. The summed E-state index contributed by atoms with van der Waals surface area (Å²) in [6, 6.07) is 7.32. The van der Waals surface area contributed by atoms with Crippen LogP contribution in [0.5, 0.6) is 5.75 Å². The van der Waals surface area contributed by atoms with Crippen molar-refractivity contribution in [2.45, 2.75) is 45.8 Å². The molecule has 0 spiro atoms. The van der Waals surface area contributed by atoms with Gasteiger partial charge in [0.1, 0.15) is 5.75 Å². The molecular weight excluding hydrogens is 280 g/mol. The average molecular weight is 306 g/mol. The molecule has 1 heterocycles. The molecule has 0 saturated carbocycles. The number of rotatable bonds is 4. The number of hydrogen-bond acceptors (Lipinski definition) is 3. The van der Waals surface area contributed by atoms with Gasteiger partial charge in [0.15, 0.2) is 0 Å². The van der Waals surface area contributed by atoms with Crippen molar-refractivity contribution in [1.82, 2.24) is 4.90 Å².